The Labute approximate surface area is 127 Å². The first-order chi connectivity index (χ1) is 10.0. The van der Waals surface area contributed by atoms with Crippen LogP contribution in [-0.4, -0.2) is 46.0 Å². The lowest BCUT2D eigenvalue weighted by atomic mass is 10.1. The Hall–Kier alpha value is -0.950. The van der Waals surface area contributed by atoms with E-state index in [4.69, 9.17) is 5.73 Å². The lowest BCUT2D eigenvalue weighted by Gasteiger charge is -2.14. The van der Waals surface area contributed by atoms with E-state index in [1.165, 1.54) is 0 Å². The Morgan fingerprint density at radius 3 is 2.62 bits per heavy atom. The lowest BCUT2D eigenvalue weighted by Crippen LogP contribution is -2.31. The van der Waals surface area contributed by atoms with Crippen LogP contribution in [0.25, 0.3) is 0 Å². The summed E-state index contributed by atoms with van der Waals surface area (Å²) in [4.78, 5) is 2.68. The number of nitrogens with zero attached hydrogens (tertiary/aromatic N) is 1. The van der Waals surface area contributed by atoms with E-state index in [0.717, 1.165) is 38.0 Å². The molecule has 0 saturated carbocycles. The van der Waals surface area contributed by atoms with Crippen molar-refractivity contribution >= 4 is 10.0 Å². The van der Waals surface area contributed by atoms with E-state index in [-0.39, 0.29) is 0 Å². The minimum atomic E-state index is -3.40. The summed E-state index contributed by atoms with van der Waals surface area (Å²) in [5.74, 6) is 0.413. The summed E-state index contributed by atoms with van der Waals surface area (Å²) < 4.78 is 27.3. The van der Waals surface area contributed by atoms with Gasteiger partial charge in [0.15, 0.2) is 0 Å². The van der Waals surface area contributed by atoms with Crippen LogP contribution in [0.1, 0.15) is 18.9 Å². The highest BCUT2D eigenvalue weighted by molar-refractivity contribution is 7.89. The predicted octanol–water partition coefficient (Wildman–Crippen LogP) is 0.808. The Balaban J connectivity index is 1.92. The maximum absolute atomic E-state index is 12.3. The van der Waals surface area contributed by atoms with Gasteiger partial charge in [-0.1, -0.05) is 19.1 Å². The van der Waals surface area contributed by atoms with Crippen LogP contribution in [0, 0.1) is 5.92 Å². The first-order valence-electron chi connectivity index (χ1n) is 7.56. The van der Waals surface area contributed by atoms with Gasteiger partial charge in [0.1, 0.15) is 0 Å². The number of nitrogens with two attached hydrogens (primary N) is 1. The molecule has 0 aromatic heterocycles. The zero-order valence-corrected chi connectivity index (χ0v) is 13.4. The third-order valence-electron chi connectivity index (χ3n) is 4.05. The summed E-state index contributed by atoms with van der Waals surface area (Å²) in [6.07, 6.45) is 1.83. The zero-order chi connectivity index (χ0) is 15.3. The second kappa shape index (κ2) is 7.35. The van der Waals surface area contributed by atoms with Crippen LogP contribution < -0.4 is 10.5 Å². The molecular weight excluding hydrogens is 286 g/mol. The van der Waals surface area contributed by atoms with Crippen LogP contribution in [-0.2, 0) is 16.4 Å². The van der Waals surface area contributed by atoms with Crippen molar-refractivity contribution in [2.75, 3.05) is 32.7 Å². The van der Waals surface area contributed by atoms with E-state index in [9.17, 15) is 8.42 Å². The van der Waals surface area contributed by atoms with E-state index < -0.39 is 10.0 Å². The molecule has 1 unspecified atom stereocenters. The normalized spacial score (nSPS) is 20.0. The van der Waals surface area contributed by atoms with Crippen LogP contribution in [0.4, 0.5) is 0 Å². The summed E-state index contributed by atoms with van der Waals surface area (Å²) >= 11 is 0. The highest BCUT2D eigenvalue weighted by Gasteiger charge is 2.23. The van der Waals surface area contributed by atoms with Gasteiger partial charge >= 0.3 is 0 Å². The molecular formula is C15H25N3O2S. The highest BCUT2D eigenvalue weighted by atomic mass is 32.2. The highest BCUT2D eigenvalue weighted by Crippen LogP contribution is 2.16. The van der Waals surface area contributed by atoms with E-state index in [1.807, 2.05) is 12.1 Å². The molecule has 2 rings (SSSR count). The fourth-order valence-corrected chi connectivity index (χ4v) is 3.80. The topological polar surface area (TPSA) is 75.4 Å². The van der Waals surface area contributed by atoms with E-state index in [2.05, 4.69) is 16.5 Å². The van der Waals surface area contributed by atoms with Crippen molar-refractivity contribution in [3.63, 3.8) is 0 Å². The molecule has 1 aliphatic heterocycles. The van der Waals surface area contributed by atoms with Gasteiger partial charge in [0, 0.05) is 13.1 Å². The fourth-order valence-electron chi connectivity index (χ4n) is 2.68. The number of rotatable bonds is 7. The summed E-state index contributed by atoms with van der Waals surface area (Å²) in [6, 6.07) is 6.96. The summed E-state index contributed by atoms with van der Waals surface area (Å²) in [5.41, 5.74) is 6.55. The van der Waals surface area contributed by atoms with Gasteiger partial charge in [0.05, 0.1) is 4.90 Å². The molecule has 21 heavy (non-hydrogen) atoms. The standard InChI is InChI=1S/C15H25N3O2S/c1-2-18-10-8-14(12-18)11-17-21(19,20)15-5-3-13(4-6-15)7-9-16/h3-6,14,17H,2,7-12,16H2,1H3. The van der Waals surface area contributed by atoms with Crippen molar-refractivity contribution in [1.29, 1.82) is 0 Å². The van der Waals surface area contributed by atoms with Gasteiger partial charge in [0.2, 0.25) is 10.0 Å². The van der Waals surface area contributed by atoms with Gasteiger partial charge in [-0.15, -0.1) is 0 Å². The minimum Gasteiger partial charge on any atom is -0.330 e. The van der Waals surface area contributed by atoms with Crippen molar-refractivity contribution in [1.82, 2.24) is 9.62 Å². The molecule has 1 fully saturated rings. The smallest absolute Gasteiger partial charge is 0.240 e. The largest absolute Gasteiger partial charge is 0.330 e. The Morgan fingerprint density at radius 2 is 2.05 bits per heavy atom. The molecule has 0 spiro atoms. The number of hydrogen-bond acceptors (Lipinski definition) is 4. The average molecular weight is 311 g/mol. The van der Waals surface area contributed by atoms with E-state index in [0.29, 0.717) is 23.9 Å². The Morgan fingerprint density at radius 1 is 1.33 bits per heavy atom. The van der Waals surface area contributed by atoms with Crippen LogP contribution >= 0.6 is 0 Å². The lowest BCUT2D eigenvalue weighted by molar-refractivity contribution is 0.342. The van der Waals surface area contributed by atoms with Crippen molar-refractivity contribution < 1.29 is 8.42 Å². The third-order valence-corrected chi connectivity index (χ3v) is 5.49. The van der Waals surface area contributed by atoms with Crippen molar-refractivity contribution in [2.45, 2.75) is 24.7 Å². The maximum atomic E-state index is 12.3. The quantitative estimate of drug-likeness (QED) is 0.781. The molecule has 1 heterocycles. The van der Waals surface area contributed by atoms with Crippen molar-refractivity contribution in [2.24, 2.45) is 11.7 Å². The van der Waals surface area contributed by atoms with Gasteiger partial charge in [-0.2, -0.15) is 0 Å². The molecule has 6 heteroatoms. The fraction of sp³-hybridized carbons (Fsp3) is 0.600. The second-order valence-electron chi connectivity index (χ2n) is 5.58. The molecule has 3 N–H and O–H groups in total. The number of sulfonamides is 1. The maximum Gasteiger partial charge on any atom is 0.240 e. The molecule has 1 aliphatic rings. The summed E-state index contributed by atoms with van der Waals surface area (Å²) in [5, 5.41) is 0. The summed E-state index contributed by atoms with van der Waals surface area (Å²) in [6.45, 7) is 6.30. The van der Waals surface area contributed by atoms with Crippen LogP contribution in [0.2, 0.25) is 0 Å². The predicted molar refractivity (Wildman–Crippen MR) is 84.6 cm³/mol. The molecule has 5 nitrogen and oxygen atoms in total. The van der Waals surface area contributed by atoms with Gasteiger partial charge in [-0.3, -0.25) is 0 Å². The van der Waals surface area contributed by atoms with Crippen LogP contribution in [0.3, 0.4) is 0 Å². The van der Waals surface area contributed by atoms with Crippen molar-refractivity contribution in [3.05, 3.63) is 29.8 Å². The number of nitrogens with one attached hydrogen (secondary N) is 1. The van der Waals surface area contributed by atoms with Crippen LogP contribution in [0.5, 0.6) is 0 Å². The summed E-state index contributed by atoms with van der Waals surface area (Å²) in [7, 11) is -3.40. The first kappa shape index (κ1) is 16.4. The van der Waals surface area contributed by atoms with Gasteiger partial charge < -0.3 is 10.6 Å². The molecule has 1 atom stereocenters. The molecule has 1 aromatic rings. The Bertz CT molecular complexity index is 543. The number of hydrogen-bond donors (Lipinski definition) is 2. The second-order valence-corrected chi connectivity index (χ2v) is 7.35. The van der Waals surface area contributed by atoms with Gasteiger partial charge in [-0.05, 0) is 56.1 Å². The van der Waals surface area contributed by atoms with Crippen molar-refractivity contribution in [3.8, 4) is 0 Å². The molecule has 0 amide bonds. The van der Waals surface area contributed by atoms with E-state index in [1.54, 1.807) is 12.1 Å². The van der Waals surface area contributed by atoms with Gasteiger partial charge in [0.25, 0.3) is 0 Å². The molecule has 0 radical (unpaired) electrons. The van der Waals surface area contributed by atoms with Gasteiger partial charge in [-0.25, -0.2) is 13.1 Å². The first-order valence-corrected chi connectivity index (χ1v) is 9.04. The SMILES string of the molecule is CCN1CCC(CNS(=O)(=O)c2ccc(CCN)cc2)C1. The molecule has 118 valence electrons. The van der Waals surface area contributed by atoms with Crippen LogP contribution in [0.15, 0.2) is 29.2 Å². The average Bonchev–Trinajstić information content (AvgIpc) is 2.94. The monoisotopic (exact) mass is 311 g/mol. The zero-order valence-electron chi connectivity index (χ0n) is 12.6. The minimum absolute atomic E-state index is 0.327. The molecule has 1 saturated heterocycles. The number of benzene rings is 1. The van der Waals surface area contributed by atoms with E-state index >= 15 is 0 Å². The molecule has 0 bridgehead atoms. The molecule has 1 aromatic carbocycles. The Kier molecular flexibility index (Phi) is 5.75. The third kappa shape index (κ3) is 4.51. The molecule has 0 aliphatic carbocycles. The number of likely N-dealkylation sites (tertiary alicyclic amines) is 1.